The highest BCUT2D eigenvalue weighted by molar-refractivity contribution is 5.80. The minimum Gasteiger partial charge on any atom is -0.370 e. The van der Waals surface area contributed by atoms with Crippen LogP contribution in [0.15, 0.2) is 96.0 Å². The Labute approximate surface area is 313 Å². The van der Waals surface area contributed by atoms with Gasteiger partial charge in [0.05, 0.1) is 18.6 Å². The monoisotopic (exact) mass is 702 g/mol. The largest absolute Gasteiger partial charge is 0.370 e. The Hall–Kier alpha value is -3.84. The number of hydrogen-bond acceptors (Lipinski definition) is 5. The molecule has 0 radical (unpaired) electrons. The lowest BCUT2D eigenvalue weighted by molar-refractivity contribution is 0.134. The fourth-order valence-corrected chi connectivity index (χ4v) is 9.74. The van der Waals surface area contributed by atoms with Gasteiger partial charge in [-0.05, 0) is 98.3 Å². The van der Waals surface area contributed by atoms with Crippen molar-refractivity contribution in [3.05, 3.63) is 108 Å². The second-order valence-electron chi connectivity index (χ2n) is 17.4. The molecule has 3 N–H and O–H groups in total. The van der Waals surface area contributed by atoms with Crippen molar-refractivity contribution in [1.29, 1.82) is 5.41 Å². The zero-order valence-electron chi connectivity index (χ0n) is 32.0. The minimum absolute atomic E-state index is 0.222. The van der Waals surface area contributed by atoms with E-state index < -0.39 is 0 Å². The van der Waals surface area contributed by atoms with Gasteiger partial charge in [0.2, 0.25) is 0 Å². The van der Waals surface area contributed by atoms with Crippen LogP contribution >= 0.6 is 0 Å². The predicted octanol–water partition coefficient (Wildman–Crippen LogP) is 7.32. The molecule has 3 aromatic rings. The van der Waals surface area contributed by atoms with E-state index in [2.05, 4.69) is 131 Å². The summed E-state index contributed by atoms with van der Waals surface area (Å²) < 4.78 is 0. The third kappa shape index (κ3) is 8.85. The van der Waals surface area contributed by atoms with Gasteiger partial charge in [-0.2, -0.15) is 0 Å². The molecule has 4 aliphatic rings. The summed E-state index contributed by atoms with van der Waals surface area (Å²) in [5, 5.41) is 9.87. The second kappa shape index (κ2) is 16.4. The Morgan fingerprint density at radius 3 is 1.94 bits per heavy atom. The van der Waals surface area contributed by atoms with Gasteiger partial charge in [0.15, 0.2) is 11.9 Å². The van der Waals surface area contributed by atoms with Crippen LogP contribution in [0.4, 0.5) is 0 Å². The van der Waals surface area contributed by atoms with E-state index in [-0.39, 0.29) is 6.04 Å². The summed E-state index contributed by atoms with van der Waals surface area (Å²) in [7, 11) is 0. The van der Waals surface area contributed by atoms with Crippen LogP contribution in [0.5, 0.6) is 0 Å². The average molecular weight is 702 g/mol. The number of nitrogens with one attached hydrogen (secondary N) is 1. The maximum Gasteiger partial charge on any atom is 0.194 e. The second-order valence-corrected chi connectivity index (χ2v) is 17.4. The molecule has 2 saturated heterocycles. The van der Waals surface area contributed by atoms with Crippen molar-refractivity contribution in [2.45, 2.75) is 103 Å². The highest BCUT2D eigenvalue weighted by atomic mass is 15.5. The normalized spacial score (nSPS) is 26.3. The van der Waals surface area contributed by atoms with Crippen molar-refractivity contribution in [2.24, 2.45) is 28.0 Å². The average Bonchev–Trinajstić information content (AvgIpc) is 3.83. The van der Waals surface area contributed by atoms with E-state index in [1.807, 2.05) is 0 Å². The number of benzene rings is 3. The number of nitrogens with two attached hydrogens (primary N) is 1. The van der Waals surface area contributed by atoms with E-state index >= 15 is 0 Å². The van der Waals surface area contributed by atoms with Gasteiger partial charge >= 0.3 is 0 Å². The maximum atomic E-state index is 9.87. The van der Waals surface area contributed by atoms with Crippen molar-refractivity contribution in [1.82, 2.24) is 19.6 Å². The predicted molar refractivity (Wildman–Crippen MR) is 216 cm³/mol. The third-order valence-corrected chi connectivity index (χ3v) is 12.9. The molecule has 0 amide bonds. The lowest BCUT2D eigenvalue weighted by Gasteiger charge is -2.39. The van der Waals surface area contributed by atoms with E-state index in [4.69, 9.17) is 10.7 Å². The first-order valence-corrected chi connectivity index (χ1v) is 20.3. The van der Waals surface area contributed by atoms with Gasteiger partial charge in [-0.3, -0.25) is 15.3 Å². The van der Waals surface area contributed by atoms with Crippen LogP contribution in [0, 0.1) is 22.7 Å². The Balaban J connectivity index is 1.09. The standard InChI is InChI=1S/C45H63N7/c1-45(2,3)38-23-21-37(22-24-38)30-51-42(28-36-18-11-6-12-19-36)33-52(44(51)47)41(27-35-16-9-5-10-17-35)31-49-25-13-20-39(49)32-50-40(29-48-43(50)46)26-34-14-7-4-8-15-34/h4-12,14-19,37-42,47H,13,20-33H2,1-3H3,(H2,46,48)/t37?,38?,39?,40-,41-,42-/m0/s1. The first kappa shape index (κ1) is 36.5. The van der Waals surface area contributed by atoms with Crippen molar-refractivity contribution in [3.8, 4) is 0 Å². The van der Waals surface area contributed by atoms with Crippen LogP contribution in [0.3, 0.4) is 0 Å². The van der Waals surface area contributed by atoms with Crippen LogP contribution in [-0.4, -0.2) is 95.0 Å². The van der Waals surface area contributed by atoms with Crippen LogP contribution in [-0.2, 0) is 19.3 Å². The zero-order chi connectivity index (χ0) is 36.1. The Bertz CT molecular complexity index is 1590. The molecule has 1 aliphatic carbocycles. The molecule has 7 rings (SSSR count). The minimum atomic E-state index is 0.222. The number of likely N-dealkylation sites (tertiary alicyclic amines) is 1. The molecule has 3 aliphatic heterocycles. The van der Waals surface area contributed by atoms with E-state index in [0.717, 1.165) is 70.4 Å². The van der Waals surface area contributed by atoms with Crippen LogP contribution in [0.1, 0.15) is 76.0 Å². The highest BCUT2D eigenvalue weighted by Crippen LogP contribution is 2.40. The molecule has 0 bridgehead atoms. The van der Waals surface area contributed by atoms with Gasteiger partial charge < -0.3 is 20.4 Å². The molecule has 4 atom stereocenters. The summed E-state index contributed by atoms with van der Waals surface area (Å²) in [6.07, 6.45) is 10.5. The SMILES string of the molecule is CC(C)(C)C1CCC(CN2C(=N)N([C@@H](Cc3ccccc3)CN3CCCC3CN3C(N)=NC[C@@H]3Cc3ccccc3)C[C@@H]2Cc2ccccc2)CC1. The summed E-state index contributed by atoms with van der Waals surface area (Å²) in [5.41, 5.74) is 11.0. The van der Waals surface area contributed by atoms with E-state index in [0.29, 0.717) is 35.4 Å². The zero-order valence-corrected chi connectivity index (χ0v) is 32.0. The van der Waals surface area contributed by atoms with Gasteiger partial charge in [-0.15, -0.1) is 0 Å². The fourth-order valence-electron chi connectivity index (χ4n) is 9.74. The third-order valence-electron chi connectivity index (χ3n) is 12.9. The smallest absolute Gasteiger partial charge is 0.194 e. The number of nitrogens with zero attached hydrogens (tertiary/aromatic N) is 5. The van der Waals surface area contributed by atoms with Crippen molar-refractivity contribution in [3.63, 3.8) is 0 Å². The van der Waals surface area contributed by atoms with Gasteiger partial charge in [0.1, 0.15) is 0 Å². The molecule has 3 heterocycles. The molecule has 278 valence electrons. The summed E-state index contributed by atoms with van der Waals surface area (Å²) in [6.45, 7) is 12.9. The molecule has 7 nitrogen and oxygen atoms in total. The molecule has 3 fully saturated rings. The summed E-state index contributed by atoms with van der Waals surface area (Å²) in [5.74, 6) is 2.90. The van der Waals surface area contributed by atoms with E-state index in [9.17, 15) is 5.41 Å². The summed E-state index contributed by atoms with van der Waals surface area (Å²) in [4.78, 5) is 14.9. The molecule has 52 heavy (non-hydrogen) atoms. The molecule has 7 heteroatoms. The van der Waals surface area contributed by atoms with Crippen molar-refractivity contribution in [2.75, 3.05) is 39.3 Å². The molecule has 0 spiro atoms. The molecular formula is C45H63N7. The van der Waals surface area contributed by atoms with Gasteiger partial charge in [-0.1, -0.05) is 112 Å². The summed E-state index contributed by atoms with van der Waals surface area (Å²) in [6, 6.07) is 34.0. The fraction of sp³-hybridized carbons (Fsp3) is 0.556. The van der Waals surface area contributed by atoms with Gasteiger partial charge in [0.25, 0.3) is 0 Å². The van der Waals surface area contributed by atoms with Gasteiger partial charge in [0, 0.05) is 38.3 Å². The van der Waals surface area contributed by atoms with Crippen molar-refractivity contribution < 1.29 is 0 Å². The Morgan fingerprint density at radius 2 is 1.33 bits per heavy atom. The molecule has 3 aromatic carbocycles. The molecule has 1 saturated carbocycles. The number of guanidine groups is 2. The number of hydrogen-bond donors (Lipinski definition) is 2. The lowest BCUT2D eigenvalue weighted by Crippen LogP contribution is -2.52. The maximum absolute atomic E-state index is 9.87. The van der Waals surface area contributed by atoms with Gasteiger partial charge in [-0.25, -0.2) is 0 Å². The number of aliphatic imine (C=N–C) groups is 1. The van der Waals surface area contributed by atoms with Crippen LogP contribution < -0.4 is 5.73 Å². The Kier molecular flexibility index (Phi) is 11.6. The molecule has 0 aromatic heterocycles. The Morgan fingerprint density at radius 1 is 0.731 bits per heavy atom. The highest BCUT2D eigenvalue weighted by Gasteiger charge is 2.42. The van der Waals surface area contributed by atoms with Crippen LogP contribution in [0.2, 0.25) is 0 Å². The molecular weight excluding hydrogens is 639 g/mol. The topological polar surface area (TPSA) is 75.2 Å². The van der Waals surface area contributed by atoms with E-state index in [1.165, 1.54) is 55.2 Å². The van der Waals surface area contributed by atoms with Crippen molar-refractivity contribution >= 4 is 11.9 Å². The first-order chi connectivity index (χ1) is 25.2. The van der Waals surface area contributed by atoms with Crippen LogP contribution in [0.25, 0.3) is 0 Å². The number of rotatable bonds is 13. The summed E-state index contributed by atoms with van der Waals surface area (Å²) >= 11 is 0. The lowest BCUT2D eigenvalue weighted by atomic mass is 9.70. The van der Waals surface area contributed by atoms with E-state index in [1.54, 1.807) is 0 Å². The molecule has 1 unspecified atom stereocenters. The first-order valence-electron chi connectivity index (χ1n) is 20.3. The quantitative estimate of drug-likeness (QED) is 0.196.